The maximum atomic E-state index is 14.4. The first-order valence-electron chi connectivity index (χ1n) is 10.0. The van der Waals surface area contributed by atoms with E-state index < -0.39 is 0 Å². The van der Waals surface area contributed by atoms with Crippen molar-refractivity contribution in [2.75, 3.05) is 11.1 Å². The molecule has 0 unspecified atom stereocenters. The van der Waals surface area contributed by atoms with Crippen LogP contribution >= 0.6 is 0 Å². The highest BCUT2D eigenvalue weighted by molar-refractivity contribution is 5.98. The Bertz CT molecular complexity index is 1310. The van der Waals surface area contributed by atoms with Gasteiger partial charge in [0.25, 0.3) is 0 Å². The van der Waals surface area contributed by atoms with Crippen LogP contribution in [0.25, 0.3) is 22.0 Å². The van der Waals surface area contributed by atoms with Crippen LogP contribution in [0.1, 0.15) is 23.5 Å². The number of nitrogens with one attached hydrogen (secondary N) is 1. The van der Waals surface area contributed by atoms with Crippen molar-refractivity contribution >= 4 is 28.3 Å². The number of carbonyl (C=O) groups excluding carboxylic acids is 1. The highest BCUT2D eigenvalue weighted by Crippen LogP contribution is 2.47. The van der Waals surface area contributed by atoms with Gasteiger partial charge in [0, 0.05) is 36.3 Å². The van der Waals surface area contributed by atoms with E-state index in [-0.39, 0.29) is 29.4 Å². The van der Waals surface area contributed by atoms with Gasteiger partial charge in [-0.05, 0) is 54.0 Å². The second-order valence-corrected chi connectivity index (χ2v) is 8.00. The van der Waals surface area contributed by atoms with E-state index in [1.165, 1.54) is 6.07 Å². The second-order valence-electron chi connectivity index (χ2n) is 8.00. The summed E-state index contributed by atoms with van der Waals surface area (Å²) in [5.41, 5.74) is 8.81. The van der Waals surface area contributed by atoms with Gasteiger partial charge in [0.1, 0.15) is 17.5 Å². The van der Waals surface area contributed by atoms with Gasteiger partial charge >= 0.3 is 0 Å². The van der Waals surface area contributed by atoms with Crippen molar-refractivity contribution in [2.45, 2.75) is 19.3 Å². The summed E-state index contributed by atoms with van der Waals surface area (Å²) >= 11 is 0. The third-order valence-corrected chi connectivity index (χ3v) is 5.75. The van der Waals surface area contributed by atoms with Crippen molar-refractivity contribution < 1.29 is 9.18 Å². The zero-order valence-corrected chi connectivity index (χ0v) is 17.1. The second kappa shape index (κ2) is 7.16. The number of anilines is 2. The molecule has 0 radical (unpaired) electrons. The maximum absolute atomic E-state index is 14.4. The minimum atomic E-state index is -0.357. The fourth-order valence-electron chi connectivity index (χ4n) is 4.03. The molecule has 1 aliphatic rings. The number of hydrogen-bond donors (Lipinski definition) is 2. The van der Waals surface area contributed by atoms with E-state index >= 15 is 0 Å². The van der Waals surface area contributed by atoms with Crippen molar-refractivity contribution in [3.63, 3.8) is 0 Å². The quantitative estimate of drug-likeness (QED) is 0.527. The maximum Gasteiger partial charge on any atom is 0.229 e. The van der Waals surface area contributed by atoms with E-state index in [1.54, 1.807) is 35.3 Å². The molecule has 0 aliphatic heterocycles. The smallest absolute Gasteiger partial charge is 0.229 e. The monoisotopic (exact) mass is 416 g/mol. The Labute approximate surface area is 178 Å². The summed E-state index contributed by atoms with van der Waals surface area (Å²) < 4.78 is 16.2. The number of halogens is 1. The van der Waals surface area contributed by atoms with E-state index in [9.17, 15) is 9.18 Å². The molecule has 156 valence electrons. The Hall–Kier alpha value is -3.81. The summed E-state index contributed by atoms with van der Waals surface area (Å²) in [5.74, 6) is 0.345. The molecule has 3 heterocycles. The fraction of sp³-hybridized carbons (Fsp3) is 0.217. The summed E-state index contributed by atoms with van der Waals surface area (Å²) in [6, 6.07) is 8.40. The molecule has 1 fully saturated rings. The van der Waals surface area contributed by atoms with Crippen LogP contribution in [0.5, 0.6) is 0 Å². The number of rotatable bonds is 4. The summed E-state index contributed by atoms with van der Waals surface area (Å²) in [5, 5.41) is 8.44. The van der Waals surface area contributed by atoms with Gasteiger partial charge < -0.3 is 11.1 Å². The molecule has 1 amide bonds. The minimum absolute atomic E-state index is 0.0760. The molecule has 5 rings (SSSR count). The van der Waals surface area contributed by atoms with E-state index in [1.807, 2.05) is 26.2 Å². The van der Waals surface area contributed by atoms with Crippen LogP contribution in [0.15, 0.2) is 48.9 Å². The number of amides is 1. The molecule has 3 aromatic heterocycles. The molecule has 7 nitrogen and oxygen atoms in total. The van der Waals surface area contributed by atoms with Crippen molar-refractivity contribution in [2.24, 2.45) is 13.0 Å². The number of fused-ring (bicyclic) bond motifs is 1. The molecule has 4 aromatic rings. The van der Waals surface area contributed by atoms with Gasteiger partial charge in [0.2, 0.25) is 5.91 Å². The van der Waals surface area contributed by atoms with Crippen molar-refractivity contribution in [1.29, 1.82) is 0 Å². The Morgan fingerprint density at radius 2 is 2.13 bits per heavy atom. The predicted octanol–water partition coefficient (Wildman–Crippen LogP) is 3.80. The van der Waals surface area contributed by atoms with Crippen LogP contribution in [-0.4, -0.2) is 25.7 Å². The highest BCUT2D eigenvalue weighted by Gasteiger charge is 2.44. The average Bonchev–Trinajstić information content (AvgIpc) is 3.41. The Morgan fingerprint density at radius 3 is 2.87 bits per heavy atom. The van der Waals surface area contributed by atoms with Crippen molar-refractivity contribution in [3.8, 4) is 11.3 Å². The van der Waals surface area contributed by atoms with Gasteiger partial charge in [-0.3, -0.25) is 9.48 Å². The zero-order valence-electron chi connectivity index (χ0n) is 17.1. The number of aryl methyl sites for hydroxylation is 2. The molecule has 31 heavy (non-hydrogen) atoms. The lowest BCUT2D eigenvalue weighted by Crippen LogP contribution is -2.15. The first kappa shape index (κ1) is 19.2. The molecule has 1 aliphatic carbocycles. The third-order valence-electron chi connectivity index (χ3n) is 5.75. The molecule has 0 saturated heterocycles. The molecule has 8 heteroatoms. The lowest BCUT2D eigenvalue weighted by molar-refractivity contribution is -0.117. The number of aromatic nitrogens is 4. The molecule has 0 bridgehead atoms. The summed E-state index contributed by atoms with van der Waals surface area (Å²) in [6.45, 7) is 1.83. The minimum Gasteiger partial charge on any atom is -0.383 e. The van der Waals surface area contributed by atoms with Gasteiger partial charge in [0.05, 0.1) is 11.9 Å². The molecule has 2 atom stereocenters. The number of benzene rings is 1. The van der Waals surface area contributed by atoms with Crippen molar-refractivity contribution in [1.82, 2.24) is 19.7 Å². The Balaban J connectivity index is 1.42. The zero-order chi connectivity index (χ0) is 21.7. The topological polar surface area (TPSA) is 98.7 Å². The van der Waals surface area contributed by atoms with Crippen LogP contribution < -0.4 is 11.1 Å². The molecule has 1 saturated carbocycles. The highest BCUT2D eigenvalue weighted by atomic mass is 19.1. The number of nitrogens with two attached hydrogens (primary N) is 1. The Kier molecular flexibility index (Phi) is 4.43. The van der Waals surface area contributed by atoms with Crippen LogP contribution in [0.3, 0.4) is 0 Å². The van der Waals surface area contributed by atoms with Crippen LogP contribution in [0.2, 0.25) is 0 Å². The standard InChI is InChI=1S/C23H21FN6O/c1-12-4-3-5-18(24)21(12)19-6-13-7-20(26-10-17(13)22(25)28-19)29-23(31)16-8-15(16)14-9-27-30(2)11-14/h3-7,9-11,15-16H,8H2,1-2H3,(H2,25,28)(H,26,29,31)/t15-,16+/m0/s1. The van der Waals surface area contributed by atoms with Gasteiger partial charge in [-0.25, -0.2) is 14.4 Å². The third kappa shape index (κ3) is 3.50. The Morgan fingerprint density at radius 1 is 1.29 bits per heavy atom. The number of nitrogens with zero attached hydrogens (tertiary/aromatic N) is 4. The molecular formula is C23H21FN6O. The first-order valence-corrected chi connectivity index (χ1v) is 10.0. The van der Waals surface area contributed by atoms with Gasteiger partial charge in [-0.1, -0.05) is 12.1 Å². The average molecular weight is 416 g/mol. The van der Waals surface area contributed by atoms with Crippen LogP contribution in [-0.2, 0) is 11.8 Å². The van der Waals surface area contributed by atoms with E-state index in [4.69, 9.17) is 5.73 Å². The van der Waals surface area contributed by atoms with Crippen LogP contribution in [0, 0.1) is 18.7 Å². The van der Waals surface area contributed by atoms with Gasteiger partial charge in [-0.2, -0.15) is 5.10 Å². The van der Waals surface area contributed by atoms with Gasteiger partial charge in [0.15, 0.2) is 0 Å². The number of nitrogen functional groups attached to an aromatic ring is 1. The first-order chi connectivity index (χ1) is 14.9. The largest absolute Gasteiger partial charge is 0.383 e. The summed E-state index contributed by atoms with van der Waals surface area (Å²) in [6.07, 6.45) is 6.11. The molecule has 0 spiro atoms. The van der Waals surface area contributed by atoms with Crippen molar-refractivity contribution in [3.05, 3.63) is 65.9 Å². The summed E-state index contributed by atoms with van der Waals surface area (Å²) in [7, 11) is 1.86. The molecule has 1 aromatic carbocycles. The van der Waals surface area contributed by atoms with E-state index in [0.717, 1.165) is 22.9 Å². The molecular weight excluding hydrogens is 395 g/mol. The SMILES string of the molecule is Cc1cccc(F)c1-c1cc2cc(NC(=O)[C@@H]3C[C@H]3c3cnn(C)c3)ncc2c(N)n1. The van der Waals surface area contributed by atoms with E-state index in [2.05, 4.69) is 20.4 Å². The number of pyridine rings is 2. The summed E-state index contributed by atoms with van der Waals surface area (Å²) in [4.78, 5) is 21.4. The van der Waals surface area contributed by atoms with E-state index in [0.29, 0.717) is 22.5 Å². The van der Waals surface area contributed by atoms with Gasteiger partial charge in [-0.15, -0.1) is 0 Å². The molecule has 3 N–H and O–H groups in total. The number of carbonyl (C=O) groups is 1. The lowest BCUT2D eigenvalue weighted by atomic mass is 10.0. The lowest BCUT2D eigenvalue weighted by Gasteiger charge is -2.11. The predicted molar refractivity (Wildman–Crippen MR) is 117 cm³/mol. The fourth-order valence-corrected chi connectivity index (χ4v) is 4.03. The van der Waals surface area contributed by atoms with Crippen LogP contribution in [0.4, 0.5) is 16.0 Å². The number of hydrogen-bond acceptors (Lipinski definition) is 5. The normalized spacial score (nSPS) is 17.6.